The van der Waals surface area contributed by atoms with Crippen molar-refractivity contribution in [3.05, 3.63) is 112 Å². The predicted octanol–water partition coefficient (Wildman–Crippen LogP) is 9.54. The van der Waals surface area contributed by atoms with Crippen LogP contribution in [0.5, 0.6) is 0 Å². The SMILES string of the molecule is CC=CCCC(F)=C(F)c1ccc(CCc2ccc(-c3cc(F)c(C(F)(F)F)c(F)c3)c(F)c2)cc1. The van der Waals surface area contributed by atoms with E-state index in [1.54, 1.807) is 31.2 Å². The van der Waals surface area contributed by atoms with Gasteiger partial charge in [-0.25, -0.2) is 22.0 Å². The van der Waals surface area contributed by atoms with E-state index in [9.17, 15) is 35.1 Å². The molecule has 190 valence electrons. The van der Waals surface area contributed by atoms with Gasteiger partial charge in [-0.3, -0.25) is 0 Å². The van der Waals surface area contributed by atoms with Crippen LogP contribution in [0.25, 0.3) is 17.0 Å². The molecule has 36 heavy (non-hydrogen) atoms. The second-order valence-corrected chi connectivity index (χ2v) is 8.15. The third kappa shape index (κ3) is 6.62. The van der Waals surface area contributed by atoms with Crippen molar-refractivity contribution < 1.29 is 35.1 Å². The van der Waals surface area contributed by atoms with Crippen LogP contribution in [0.3, 0.4) is 0 Å². The van der Waals surface area contributed by atoms with Gasteiger partial charge in [0, 0.05) is 17.5 Å². The molecule has 0 saturated heterocycles. The molecule has 0 aliphatic rings. The molecule has 0 bridgehead atoms. The first-order chi connectivity index (χ1) is 17.0. The fourth-order valence-electron chi connectivity index (χ4n) is 3.70. The Bertz CT molecular complexity index is 1240. The monoisotopic (exact) mass is 510 g/mol. The lowest BCUT2D eigenvalue weighted by Crippen LogP contribution is -2.11. The second kappa shape index (κ2) is 11.5. The van der Waals surface area contributed by atoms with Gasteiger partial charge in [-0.1, -0.05) is 48.6 Å². The lowest BCUT2D eigenvalue weighted by molar-refractivity contribution is -0.142. The molecular weight excluding hydrogens is 488 g/mol. The van der Waals surface area contributed by atoms with E-state index < -0.39 is 40.8 Å². The number of benzene rings is 3. The maximum atomic E-state index is 14.6. The summed E-state index contributed by atoms with van der Waals surface area (Å²) in [4.78, 5) is 0. The zero-order chi connectivity index (χ0) is 26.5. The molecule has 3 aromatic rings. The summed E-state index contributed by atoms with van der Waals surface area (Å²) >= 11 is 0. The Hall–Kier alpha value is -3.42. The Morgan fingerprint density at radius 1 is 0.778 bits per heavy atom. The maximum Gasteiger partial charge on any atom is 0.422 e. The van der Waals surface area contributed by atoms with Gasteiger partial charge in [-0.2, -0.15) is 13.2 Å². The minimum Gasteiger partial charge on any atom is -0.209 e. The first-order valence-corrected chi connectivity index (χ1v) is 11.1. The van der Waals surface area contributed by atoms with Crippen molar-refractivity contribution in [2.75, 3.05) is 0 Å². The molecule has 0 saturated carbocycles. The smallest absolute Gasteiger partial charge is 0.209 e. The molecule has 0 aromatic heterocycles. The lowest BCUT2D eigenvalue weighted by Gasteiger charge is -2.12. The van der Waals surface area contributed by atoms with Gasteiger partial charge in [-0.05, 0) is 61.1 Å². The molecule has 0 aliphatic carbocycles. The van der Waals surface area contributed by atoms with Crippen LogP contribution in [0.2, 0.25) is 0 Å². The molecule has 0 heterocycles. The molecule has 0 unspecified atom stereocenters. The van der Waals surface area contributed by atoms with Crippen LogP contribution < -0.4 is 0 Å². The van der Waals surface area contributed by atoms with Gasteiger partial charge in [0.15, 0.2) is 5.83 Å². The van der Waals surface area contributed by atoms with Crippen molar-refractivity contribution in [1.29, 1.82) is 0 Å². The predicted molar refractivity (Wildman–Crippen MR) is 124 cm³/mol. The molecule has 0 nitrogen and oxygen atoms in total. The molecule has 0 fully saturated rings. The molecule has 8 heteroatoms. The van der Waals surface area contributed by atoms with Gasteiger partial charge in [0.1, 0.15) is 28.8 Å². The van der Waals surface area contributed by atoms with Crippen LogP contribution in [-0.4, -0.2) is 0 Å². The fraction of sp³-hybridized carbons (Fsp3) is 0.214. The van der Waals surface area contributed by atoms with Gasteiger partial charge in [0.2, 0.25) is 0 Å². The van der Waals surface area contributed by atoms with Crippen LogP contribution >= 0.6 is 0 Å². The molecule has 0 aliphatic heterocycles. The standard InChI is InChI=1S/C28H22F8/c1-2-3-4-5-22(29)27(33)19-11-8-17(9-12-19)6-7-18-10-13-21(23(30)14-18)20-15-24(31)26(25(32)16-20)28(34,35)36/h2-3,8-16H,4-7H2,1H3. The Labute approximate surface area is 203 Å². The summed E-state index contributed by atoms with van der Waals surface area (Å²) in [6, 6.07) is 11.0. The third-order valence-corrected chi connectivity index (χ3v) is 5.58. The summed E-state index contributed by atoms with van der Waals surface area (Å²) in [5.74, 6) is -6.24. The number of rotatable bonds is 8. The number of hydrogen-bond acceptors (Lipinski definition) is 0. The second-order valence-electron chi connectivity index (χ2n) is 8.15. The van der Waals surface area contributed by atoms with Crippen molar-refractivity contribution in [1.82, 2.24) is 0 Å². The summed E-state index contributed by atoms with van der Waals surface area (Å²) in [6.45, 7) is 1.79. The summed E-state index contributed by atoms with van der Waals surface area (Å²) in [5.41, 5.74) is -1.19. The Morgan fingerprint density at radius 2 is 1.36 bits per heavy atom. The van der Waals surface area contributed by atoms with E-state index in [1.165, 1.54) is 24.3 Å². The van der Waals surface area contributed by atoms with Crippen molar-refractivity contribution in [3.63, 3.8) is 0 Å². The van der Waals surface area contributed by atoms with Crippen LogP contribution in [0, 0.1) is 17.5 Å². The third-order valence-electron chi connectivity index (χ3n) is 5.58. The molecule has 0 atom stereocenters. The quantitative estimate of drug-likeness (QED) is 0.209. The Morgan fingerprint density at radius 3 is 1.92 bits per heavy atom. The molecule has 0 spiro atoms. The Balaban J connectivity index is 1.70. The largest absolute Gasteiger partial charge is 0.422 e. The zero-order valence-electron chi connectivity index (χ0n) is 19.2. The molecule has 3 aromatic carbocycles. The highest BCUT2D eigenvalue weighted by atomic mass is 19.4. The van der Waals surface area contributed by atoms with Crippen LogP contribution in [-0.2, 0) is 19.0 Å². The fourth-order valence-corrected chi connectivity index (χ4v) is 3.70. The van der Waals surface area contributed by atoms with Gasteiger partial charge in [0.05, 0.1) is 0 Å². The summed E-state index contributed by atoms with van der Waals surface area (Å²) < 4.78 is 109. The number of halogens is 8. The highest BCUT2D eigenvalue weighted by molar-refractivity contribution is 5.65. The summed E-state index contributed by atoms with van der Waals surface area (Å²) in [7, 11) is 0. The average Bonchev–Trinajstić information content (AvgIpc) is 2.81. The number of aryl methyl sites for hydroxylation is 2. The van der Waals surface area contributed by atoms with Gasteiger partial charge < -0.3 is 0 Å². The first kappa shape index (κ1) is 27.2. The first-order valence-electron chi connectivity index (χ1n) is 11.1. The number of alkyl halides is 3. The van der Waals surface area contributed by atoms with Gasteiger partial charge in [-0.15, -0.1) is 0 Å². The summed E-state index contributed by atoms with van der Waals surface area (Å²) in [6.07, 6.45) is -0.549. The van der Waals surface area contributed by atoms with E-state index in [1.807, 2.05) is 0 Å². The minimum absolute atomic E-state index is 0.0365. The molecule has 0 radical (unpaired) electrons. The van der Waals surface area contributed by atoms with Crippen LogP contribution in [0.15, 0.2) is 72.6 Å². The normalized spacial score (nSPS) is 12.8. The van der Waals surface area contributed by atoms with E-state index in [-0.39, 0.29) is 23.1 Å². The molecule has 0 N–H and O–H groups in total. The van der Waals surface area contributed by atoms with E-state index in [4.69, 9.17) is 0 Å². The maximum absolute atomic E-state index is 14.6. The lowest BCUT2D eigenvalue weighted by atomic mass is 9.98. The van der Waals surface area contributed by atoms with E-state index in [0.29, 0.717) is 37.0 Å². The summed E-state index contributed by atoms with van der Waals surface area (Å²) in [5, 5.41) is 0. The highest BCUT2D eigenvalue weighted by Crippen LogP contribution is 2.36. The van der Waals surface area contributed by atoms with E-state index in [0.717, 1.165) is 11.6 Å². The van der Waals surface area contributed by atoms with E-state index in [2.05, 4.69) is 0 Å². The minimum atomic E-state index is -5.21. The Kier molecular flexibility index (Phi) is 8.71. The van der Waals surface area contributed by atoms with Crippen LogP contribution in [0.4, 0.5) is 35.1 Å². The molecule has 0 amide bonds. The van der Waals surface area contributed by atoms with Crippen molar-refractivity contribution in [2.45, 2.75) is 38.8 Å². The van der Waals surface area contributed by atoms with E-state index >= 15 is 0 Å². The zero-order valence-corrected chi connectivity index (χ0v) is 19.2. The molecular formula is C28H22F8. The van der Waals surface area contributed by atoms with Crippen LogP contribution in [0.1, 0.15) is 42.0 Å². The van der Waals surface area contributed by atoms with Crippen molar-refractivity contribution in [2.24, 2.45) is 0 Å². The number of hydrogen-bond donors (Lipinski definition) is 0. The molecule has 3 rings (SSSR count). The topological polar surface area (TPSA) is 0 Å². The van der Waals surface area contributed by atoms with Gasteiger partial charge in [0.25, 0.3) is 0 Å². The van der Waals surface area contributed by atoms with Crippen molar-refractivity contribution >= 4 is 5.83 Å². The van der Waals surface area contributed by atoms with Crippen molar-refractivity contribution in [3.8, 4) is 11.1 Å². The highest BCUT2D eigenvalue weighted by Gasteiger charge is 2.38. The number of allylic oxidation sites excluding steroid dienone is 3. The average molecular weight is 510 g/mol. The van der Waals surface area contributed by atoms with Gasteiger partial charge >= 0.3 is 6.18 Å².